The summed E-state index contributed by atoms with van der Waals surface area (Å²) in [5.74, 6) is 0.703. The van der Waals surface area contributed by atoms with E-state index in [-0.39, 0.29) is 0 Å². The molecule has 3 atom stereocenters. The minimum Gasteiger partial charge on any atom is -0.307 e. The predicted molar refractivity (Wildman–Crippen MR) is 73.1 cm³/mol. The van der Waals surface area contributed by atoms with E-state index in [0.717, 1.165) is 5.69 Å². The highest BCUT2D eigenvalue weighted by Crippen LogP contribution is 2.22. The summed E-state index contributed by atoms with van der Waals surface area (Å²) in [6.07, 6.45) is 1.21. The van der Waals surface area contributed by atoms with Crippen molar-refractivity contribution < 1.29 is 0 Å². The lowest BCUT2D eigenvalue weighted by Gasteiger charge is -2.25. The quantitative estimate of drug-likeness (QED) is 0.852. The van der Waals surface area contributed by atoms with Gasteiger partial charge in [-0.3, -0.25) is 4.68 Å². The second kappa shape index (κ2) is 5.67. The maximum Gasteiger partial charge on any atom is 0.0644 e. The van der Waals surface area contributed by atoms with Crippen LogP contribution in [0.1, 0.15) is 57.1 Å². The van der Waals surface area contributed by atoms with Crippen molar-refractivity contribution >= 4 is 0 Å². The molecule has 0 bridgehead atoms. The summed E-state index contributed by atoms with van der Waals surface area (Å²) in [6.45, 7) is 13.3. The first-order valence-corrected chi connectivity index (χ1v) is 6.64. The molecule has 0 saturated carbocycles. The van der Waals surface area contributed by atoms with E-state index in [2.05, 4.69) is 52.0 Å². The molecule has 17 heavy (non-hydrogen) atoms. The first-order chi connectivity index (χ1) is 7.88. The van der Waals surface area contributed by atoms with Crippen molar-refractivity contribution in [3.8, 4) is 0 Å². The van der Waals surface area contributed by atoms with Gasteiger partial charge >= 0.3 is 0 Å². The van der Waals surface area contributed by atoms with Gasteiger partial charge in [0.25, 0.3) is 0 Å². The molecule has 3 nitrogen and oxygen atoms in total. The molecule has 0 aromatic carbocycles. The third-order valence-corrected chi connectivity index (χ3v) is 4.01. The van der Waals surface area contributed by atoms with Gasteiger partial charge in [-0.15, -0.1) is 0 Å². The fraction of sp³-hybridized carbons (Fsp3) is 0.786. The third-order valence-electron chi connectivity index (χ3n) is 4.01. The van der Waals surface area contributed by atoms with Crippen LogP contribution in [0.3, 0.4) is 0 Å². The van der Waals surface area contributed by atoms with Gasteiger partial charge < -0.3 is 5.32 Å². The van der Waals surface area contributed by atoms with Gasteiger partial charge in [-0.2, -0.15) is 5.10 Å². The van der Waals surface area contributed by atoms with Gasteiger partial charge in [0.15, 0.2) is 0 Å². The summed E-state index contributed by atoms with van der Waals surface area (Å²) in [7, 11) is 2.01. The molecule has 1 aromatic rings. The Labute approximate surface area is 106 Å². The first kappa shape index (κ1) is 14.2. The first-order valence-electron chi connectivity index (χ1n) is 6.64. The van der Waals surface area contributed by atoms with Gasteiger partial charge in [0.1, 0.15) is 0 Å². The van der Waals surface area contributed by atoms with Crippen LogP contribution in [-0.4, -0.2) is 15.8 Å². The van der Waals surface area contributed by atoms with E-state index in [1.165, 1.54) is 17.7 Å². The maximum absolute atomic E-state index is 4.48. The molecular formula is C14H27N3. The van der Waals surface area contributed by atoms with Crippen molar-refractivity contribution in [1.82, 2.24) is 15.1 Å². The van der Waals surface area contributed by atoms with Crippen LogP contribution in [-0.2, 0) is 7.05 Å². The molecule has 1 rings (SSSR count). The molecule has 0 aliphatic rings. The van der Waals surface area contributed by atoms with E-state index in [1.54, 1.807) is 0 Å². The predicted octanol–water partition coefficient (Wildman–Crippen LogP) is 3.12. The smallest absolute Gasteiger partial charge is 0.0644 e. The van der Waals surface area contributed by atoms with Crippen LogP contribution < -0.4 is 5.32 Å². The van der Waals surface area contributed by atoms with Crippen LogP contribution in [0.5, 0.6) is 0 Å². The van der Waals surface area contributed by atoms with Crippen LogP contribution in [0.15, 0.2) is 0 Å². The van der Waals surface area contributed by atoms with E-state index >= 15 is 0 Å². The number of nitrogens with one attached hydrogen (secondary N) is 1. The van der Waals surface area contributed by atoms with Crippen molar-refractivity contribution in [1.29, 1.82) is 0 Å². The van der Waals surface area contributed by atoms with Gasteiger partial charge in [0.2, 0.25) is 0 Å². The standard InChI is InChI=1S/C14H27N3/c1-8-9(2)10(3)15-11(4)14-12(5)16-17(7)13(14)6/h9-11,15H,8H2,1-7H3. The molecule has 1 N–H and O–H groups in total. The summed E-state index contributed by atoms with van der Waals surface area (Å²) in [6, 6.07) is 0.904. The number of aryl methyl sites for hydroxylation is 2. The summed E-state index contributed by atoms with van der Waals surface area (Å²) >= 11 is 0. The van der Waals surface area contributed by atoms with Crippen molar-refractivity contribution in [3.05, 3.63) is 17.0 Å². The molecule has 0 radical (unpaired) electrons. The maximum atomic E-state index is 4.48. The zero-order valence-corrected chi connectivity index (χ0v) is 12.3. The molecule has 0 saturated heterocycles. The lowest BCUT2D eigenvalue weighted by molar-refractivity contribution is 0.359. The fourth-order valence-corrected chi connectivity index (χ4v) is 2.41. The molecule has 98 valence electrons. The highest BCUT2D eigenvalue weighted by molar-refractivity contribution is 5.27. The lowest BCUT2D eigenvalue weighted by Crippen LogP contribution is -2.34. The second-order valence-corrected chi connectivity index (χ2v) is 5.27. The molecule has 0 aliphatic carbocycles. The van der Waals surface area contributed by atoms with Crippen LogP contribution in [0, 0.1) is 19.8 Å². The molecule has 0 fully saturated rings. The van der Waals surface area contributed by atoms with Crippen molar-refractivity contribution in [2.24, 2.45) is 13.0 Å². The molecule has 0 aliphatic heterocycles. The Balaban J connectivity index is 2.79. The highest BCUT2D eigenvalue weighted by Gasteiger charge is 2.19. The summed E-state index contributed by atoms with van der Waals surface area (Å²) < 4.78 is 1.97. The summed E-state index contributed by atoms with van der Waals surface area (Å²) in [5, 5.41) is 8.17. The molecule has 0 amide bonds. The van der Waals surface area contributed by atoms with Crippen LogP contribution in [0.25, 0.3) is 0 Å². The number of aromatic nitrogens is 2. The van der Waals surface area contributed by atoms with E-state index in [0.29, 0.717) is 18.0 Å². The minimum absolute atomic E-state index is 0.368. The third kappa shape index (κ3) is 3.09. The molecule has 1 heterocycles. The van der Waals surface area contributed by atoms with Crippen LogP contribution in [0.4, 0.5) is 0 Å². The molecule has 3 unspecified atom stereocenters. The number of nitrogens with zero attached hydrogens (tertiary/aromatic N) is 2. The molecular weight excluding hydrogens is 210 g/mol. The Morgan fingerprint density at radius 2 is 1.82 bits per heavy atom. The van der Waals surface area contributed by atoms with E-state index in [4.69, 9.17) is 0 Å². The second-order valence-electron chi connectivity index (χ2n) is 5.27. The van der Waals surface area contributed by atoms with E-state index < -0.39 is 0 Å². The van der Waals surface area contributed by atoms with Gasteiger partial charge in [-0.05, 0) is 33.6 Å². The zero-order chi connectivity index (χ0) is 13.2. The Morgan fingerprint density at radius 3 is 2.24 bits per heavy atom. The van der Waals surface area contributed by atoms with Crippen molar-refractivity contribution in [2.75, 3.05) is 0 Å². The SMILES string of the molecule is CCC(C)C(C)NC(C)c1c(C)nn(C)c1C. The Kier molecular flexibility index (Phi) is 4.75. The van der Waals surface area contributed by atoms with E-state index in [1.807, 2.05) is 11.7 Å². The Bertz CT molecular complexity index is 368. The number of hydrogen-bond donors (Lipinski definition) is 1. The van der Waals surface area contributed by atoms with Gasteiger partial charge in [0.05, 0.1) is 5.69 Å². The topological polar surface area (TPSA) is 29.9 Å². The Hall–Kier alpha value is -0.830. The van der Waals surface area contributed by atoms with E-state index in [9.17, 15) is 0 Å². The molecule has 0 spiro atoms. The summed E-state index contributed by atoms with van der Waals surface area (Å²) in [5.41, 5.74) is 3.75. The van der Waals surface area contributed by atoms with Crippen molar-refractivity contribution in [2.45, 2.75) is 60.0 Å². The largest absolute Gasteiger partial charge is 0.307 e. The summed E-state index contributed by atoms with van der Waals surface area (Å²) in [4.78, 5) is 0. The average molecular weight is 237 g/mol. The number of hydrogen-bond acceptors (Lipinski definition) is 2. The fourth-order valence-electron chi connectivity index (χ4n) is 2.41. The average Bonchev–Trinajstić information content (AvgIpc) is 2.51. The van der Waals surface area contributed by atoms with Gasteiger partial charge in [-0.25, -0.2) is 0 Å². The van der Waals surface area contributed by atoms with Gasteiger partial charge in [0, 0.05) is 30.4 Å². The molecule has 3 heteroatoms. The van der Waals surface area contributed by atoms with Crippen LogP contribution >= 0.6 is 0 Å². The zero-order valence-electron chi connectivity index (χ0n) is 12.3. The minimum atomic E-state index is 0.368. The van der Waals surface area contributed by atoms with Crippen LogP contribution in [0.2, 0.25) is 0 Å². The van der Waals surface area contributed by atoms with Gasteiger partial charge in [-0.1, -0.05) is 20.3 Å². The van der Waals surface area contributed by atoms with Crippen molar-refractivity contribution in [3.63, 3.8) is 0 Å². The lowest BCUT2D eigenvalue weighted by atomic mass is 9.98. The normalized spacial score (nSPS) is 16.9. The monoisotopic (exact) mass is 237 g/mol. The highest BCUT2D eigenvalue weighted by atomic mass is 15.3. The number of rotatable bonds is 5. The molecule has 1 aromatic heterocycles. The Morgan fingerprint density at radius 1 is 1.24 bits per heavy atom.